The molecule has 8 nitrogen and oxygen atoms in total. The third kappa shape index (κ3) is 4.72. The fourth-order valence-corrected chi connectivity index (χ4v) is 4.07. The van der Waals surface area contributed by atoms with E-state index in [0.29, 0.717) is 5.56 Å². The summed E-state index contributed by atoms with van der Waals surface area (Å²) in [4.78, 5) is 25.7. The van der Waals surface area contributed by atoms with Crippen molar-refractivity contribution in [2.45, 2.75) is 17.9 Å². The third-order valence-electron chi connectivity index (χ3n) is 4.50. The van der Waals surface area contributed by atoms with Gasteiger partial charge in [-0.25, -0.2) is 12.8 Å². The summed E-state index contributed by atoms with van der Waals surface area (Å²) in [7, 11) is -3.98. The van der Waals surface area contributed by atoms with Crippen molar-refractivity contribution < 1.29 is 27.5 Å². The zero-order chi connectivity index (χ0) is 21.2. The quantitative estimate of drug-likeness (QED) is 0.663. The maximum atomic E-state index is 13.1. The number of benzene rings is 2. The number of aliphatic hydroxyl groups excluding tert-OH is 1. The fraction of sp³-hybridized carbons (Fsp3) is 0.263. The van der Waals surface area contributed by atoms with E-state index < -0.39 is 27.8 Å². The zero-order valence-corrected chi connectivity index (χ0v) is 16.4. The number of anilines is 1. The van der Waals surface area contributed by atoms with Crippen LogP contribution in [0.1, 0.15) is 15.9 Å². The van der Waals surface area contributed by atoms with Gasteiger partial charge in [-0.2, -0.15) is 0 Å². The molecule has 1 aliphatic rings. The van der Waals surface area contributed by atoms with Crippen LogP contribution in [0.4, 0.5) is 10.1 Å². The lowest BCUT2D eigenvalue weighted by atomic mass is 10.1. The van der Waals surface area contributed by atoms with Crippen LogP contribution in [0.3, 0.4) is 0 Å². The first-order valence-electron chi connectivity index (χ1n) is 8.78. The molecule has 3 N–H and O–H groups in total. The predicted octanol–water partition coefficient (Wildman–Crippen LogP) is 0.868. The number of hydrogen-bond acceptors (Lipinski definition) is 5. The molecule has 0 unspecified atom stereocenters. The smallest absolute Gasteiger partial charge is 0.261 e. The number of nitrogens with zero attached hydrogens (tertiary/aromatic N) is 1. The molecule has 1 saturated heterocycles. The molecule has 2 aromatic carbocycles. The van der Waals surface area contributed by atoms with Gasteiger partial charge < -0.3 is 15.3 Å². The Balaban J connectivity index is 1.85. The Morgan fingerprint density at radius 2 is 1.97 bits per heavy atom. The maximum absolute atomic E-state index is 13.1. The van der Waals surface area contributed by atoms with Gasteiger partial charge in [-0.1, -0.05) is 6.07 Å². The molecule has 2 aromatic rings. The molecule has 0 saturated carbocycles. The first-order valence-corrected chi connectivity index (χ1v) is 10.3. The number of carbonyl (C=O) groups is 2. The van der Waals surface area contributed by atoms with E-state index in [9.17, 15) is 27.5 Å². The molecule has 1 heterocycles. The minimum Gasteiger partial charge on any atom is -0.394 e. The Hall–Kier alpha value is -2.98. The second-order valence-electron chi connectivity index (χ2n) is 6.72. The molecule has 0 radical (unpaired) electrons. The molecular weight excluding hydrogens is 401 g/mol. The number of carbonyl (C=O) groups excluding carboxylic acids is 2. The lowest BCUT2D eigenvalue weighted by Crippen LogP contribution is -2.57. The summed E-state index contributed by atoms with van der Waals surface area (Å²) in [5, 5.41) is 11.8. The molecule has 0 aromatic heterocycles. The van der Waals surface area contributed by atoms with E-state index in [1.54, 1.807) is 13.0 Å². The fourth-order valence-electron chi connectivity index (χ4n) is 2.95. The monoisotopic (exact) mass is 421 g/mol. The number of hydrogen-bond donors (Lipinski definition) is 3. The first kappa shape index (κ1) is 20.7. The minimum absolute atomic E-state index is 0.117. The Bertz CT molecular complexity index is 1040. The molecule has 1 atom stereocenters. The van der Waals surface area contributed by atoms with Gasteiger partial charge in [0.05, 0.1) is 29.8 Å². The molecule has 0 bridgehead atoms. The van der Waals surface area contributed by atoms with Gasteiger partial charge in [0.15, 0.2) is 0 Å². The predicted molar refractivity (Wildman–Crippen MR) is 103 cm³/mol. The zero-order valence-electron chi connectivity index (χ0n) is 15.6. The van der Waals surface area contributed by atoms with Crippen molar-refractivity contribution in [3.05, 3.63) is 59.4 Å². The molecule has 0 aliphatic carbocycles. The van der Waals surface area contributed by atoms with Gasteiger partial charge in [0.1, 0.15) is 5.82 Å². The van der Waals surface area contributed by atoms with E-state index in [1.165, 1.54) is 17.0 Å². The van der Waals surface area contributed by atoms with Crippen LogP contribution in [-0.2, 0) is 14.8 Å². The summed E-state index contributed by atoms with van der Waals surface area (Å²) in [5.41, 5.74) is 0.969. The number of rotatable bonds is 5. The molecule has 1 aliphatic heterocycles. The minimum atomic E-state index is -3.98. The second kappa shape index (κ2) is 8.18. The van der Waals surface area contributed by atoms with Crippen molar-refractivity contribution in [2.75, 3.05) is 24.4 Å². The average molecular weight is 421 g/mol. The number of aryl methyl sites for hydroxylation is 1. The third-order valence-corrected chi connectivity index (χ3v) is 5.88. The van der Waals surface area contributed by atoms with Crippen molar-refractivity contribution in [1.82, 2.24) is 10.2 Å². The topological polar surface area (TPSA) is 116 Å². The molecule has 29 heavy (non-hydrogen) atoms. The number of piperazine rings is 1. The molecule has 154 valence electrons. The van der Waals surface area contributed by atoms with Gasteiger partial charge in [0, 0.05) is 12.1 Å². The van der Waals surface area contributed by atoms with E-state index in [-0.39, 0.29) is 41.7 Å². The van der Waals surface area contributed by atoms with Crippen molar-refractivity contribution in [1.29, 1.82) is 0 Å². The van der Waals surface area contributed by atoms with E-state index >= 15 is 0 Å². The Morgan fingerprint density at radius 1 is 1.28 bits per heavy atom. The highest BCUT2D eigenvalue weighted by Gasteiger charge is 2.28. The number of aliphatic hydroxyl groups is 1. The van der Waals surface area contributed by atoms with E-state index in [0.717, 1.165) is 24.3 Å². The normalized spacial score (nSPS) is 17.0. The summed E-state index contributed by atoms with van der Waals surface area (Å²) in [5.74, 6) is -1.40. The molecule has 1 fully saturated rings. The van der Waals surface area contributed by atoms with Crippen LogP contribution in [0.25, 0.3) is 0 Å². The Kier molecular flexibility index (Phi) is 5.85. The van der Waals surface area contributed by atoms with Gasteiger partial charge in [0.25, 0.3) is 15.9 Å². The van der Waals surface area contributed by atoms with E-state index in [1.807, 2.05) is 0 Å². The summed E-state index contributed by atoms with van der Waals surface area (Å²) < 4.78 is 40.6. The SMILES string of the molecule is Cc1ccc(C(=O)N2CC(=O)N[C@H](CO)C2)cc1NS(=O)(=O)c1ccc(F)cc1. The van der Waals surface area contributed by atoms with E-state index in [2.05, 4.69) is 10.0 Å². The number of sulfonamides is 1. The van der Waals surface area contributed by atoms with Gasteiger partial charge >= 0.3 is 0 Å². The van der Waals surface area contributed by atoms with Crippen LogP contribution in [0.5, 0.6) is 0 Å². The highest BCUT2D eigenvalue weighted by molar-refractivity contribution is 7.92. The van der Waals surface area contributed by atoms with Crippen molar-refractivity contribution >= 4 is 27.5 Å². The Morgan fingerprint density at radius 3 is 2.62 bits per heavy atom. The lowest BCUT2D eigenvalue weighted by molar-refractivity contribution is -0.125. The highest BCUT2D eigenvalue weighted by atomic mass is 32.2. The molecule has 2 amide bonds. The number of halogens is 1. The van der Waals surface area contributed by atoms with Crippen LogP contribution < -0.4 is 10.0 Å². The maximum Gasteiger partial charge on any atom is 0.261 e. The number of amides is 2. The van der Waals surface area contributed by atoms with Crippen molar-refractivity contribution in [2.24, 2.45) is 0 Å². The lowest BCUT2D eigenvalue weighted by Gasteiger charge is -2.32. The largest absolute Gasteiger partial charge is 0.394 e. The van der Waals surface area contributed by atoms with Crippen LogP contribution in [0, 0.1) is 12.7 Å². The van der Waals surface area contributed by atoms with Crippen LogP contribution in [0.2, 0.25) is 0 Å². The molecule has 3 rings (SSSR count). The summed E-state index contributed by atoms with van der Waals surface area (Å²) >= 11 is 0. The van der Waals surface area contributed by atoms with Crippen LogP contribution >= 0.6 is 0 Å². The second-order valence-corrected chi connectivity index (χ2v) is 8.40. The first-order chi connectivity index (χ1) is 13.7. The van der Waals surface area contributed by atoms with Crippen LogP contribution in [0.15, 0.2) is 47.4 Å². The van der Waals surface area contributed by atoms with Crippen LogP contribution in [-0.4, -0.2) is 56.0 Å². The summed E-state index contributed by atoms with van der Waals surface area (Å²) in [6.45, 7) is 1.37. The summed E-state index contributed by atoms with van der Waals surface area (Å²) in [6, 6.07) is 8.33. The molecule has 10 heteroatoms. The van der Waals surface area contributed by atoms with Crippen molar-refractivity contribution in [3.8, 4) is 0 Å². The van der Waals surface area contributed by atoms with Gasteiger partial charge in [-0.05, 0) is 48.9 Å². The van der Waals surface area contributed by atoms with Gasteiger partial charge in [0.2, 0.25) is 5.91 Å². The molecule has 0 spiro atoms. The molecular formula is C19H20FN3O5S. The summed E-state index contributed by atoms with van der Waals surface area (Å²) in [6.07, 6.45) is 0. The standard InChI is InChI=1S/C19H20FN3O5S/c1-12-2-3-13(19(26)23-9-15(11-24)21-18(25)10-23)8-17(12)22-29(27,28)16-6-4-14(20)5-7-16/h2-8,15,22,24H,9-11H2,1H3,(H,21,25)/t15-/m0/s1. The number of nitrogens with one attached hydrogen (secondary N) is 2. The average Bonchev–Trinajstić information content (AvgIpc) is 2.68. The van der Waals surface area contributed by atoms with E-state index in [4.69, 9.17) is 0 Å². The van der Waals surface area contributed by atoms with Gasteiger partial charge in [-0.3, -0.25) is 14.3 Å². The Labute approximate surface area is 167 Å². The van der Waals surface area contributed by atoms with Crippen molar-refractivity contribution in [3.63, 3.8) is 0 Å². The highest BCUT2D eigenvalue weighted by Crippen LogP contribution is 2.22. The van der Waals surface area contributed by atoms with Gasteiger partial charge in [-0.15, -0.1) is 0 Å².